The number of nitrogens with zero attached hydrogens (tertiary/aromatic N) is 1. The van der Waals surface area contributed by atoms with Crippen LogP contribution < -0.4 is 4.74 Å². The molecule has 0 aliphatic rings. The summed E-state index contributed by atoms with van der Waals surface area (Å²) in [5, 5.41) is 8.83. The van der Waals surface area contributed by atoms with Crippen LogP contribution in [-0.2, 0) is 0 Å². The maximum Gasteiger partial charge on any atom is 0.337 e. The number of carbonyl (C=O) groups is 1. The fraction of sp³-hybridized carbons (Fsp3) is 0.0769. The molecular formula is C13H9BrFNO3. The molecule has 0 fully saturated rings. The molecule has 1 N–H and O–H groups in total. The van der Waals surface area contributed by atoms with Gasteiger partial charge >= 0.3 is 5.97 Å². The summed E-state index contributed by atoms with van der Waals surface area (Å²) in [7, 11) is 0. The predicted molar refractivity (Wildman–Crippen MR) is 70.1 cm³/mol. The van der Waals surface area contributed by atoms with E-state index in [1.54, 1.807) is 13.0 Å². The Morgan fingerprint density at radius 1 is 1.37 bits per heavy atom. The Morgan fingerprint density at radius 3 is 2.68 bits per heavy atom. The van der Waals surface area contributed by atoms with Crippen molar-refractivity contribution in [2.75, 3.05) is 0 Å². The highest BCUT2D eigenvalue weighted by Crippen LogP contribution is 2.26. The van der Waals surface area contributed by atoms with Gasteiger partial charge in [0.15, 0.2) is 0 Å². The summed E-state index contributed by atoms with van der Waals surface area (Å²) < 4.78 is 19.2. The molecule has 1 heterocycles. The van der Waals surface area contributed by atoms with Gasteiger partial charge in [-0.1, -0.05) is 15.9 Å². The number of aryl methyl sites for hydroxylation is 1. The zero-order valence-electron chi connectivity index (χ0n) is 9.85. The lowest BCUT2D eigenvalue weighted by atomic mass is 10.2. The quantitative estimate of drug-likeness (QED) is 0.932. The zero-order chi connectivity index (χ0) is 14.0. The fourth-order valence-electron chi connectivity index (χ4n) is 1.49. The van der Waals surface area contributed by atoms with Crippen molar-refractivity contribution in [3.8, 4) is 11.6 Å². The Hall–Kier alpha value is -1.95. The van der Waals surface area contributed by atoms with Gasteiger partial charge in [-0.05, 0) is 25.1 Å². The molecule has 0 spiro atoms. The Kier molecular flexibility index (Phi) is 3.80. The summed E-state index contributed by atoms with van der Waals surface area (Å²) in [6.07, 6.45) is 1.19. The Bertz CT molecular complexity index is 626. The second-order valence-electron chi connectivity index (χ2n) is 3.86. The molecule has 0 atom stereocenters. The number of aromatic nitrogens is 1. The number of aromatic carboxylic acids is 1. The van der Waals surface area contributed by atoms with Crippen LogP contribution >= 0.6 is 15.9 Å². The molecule has 0 aliphatic heterocycles. The molecule has 0 unspecified atom stereocenters. The normalized spacial score (nSPS) is 10.3. The van der Waals surface area contributed by atoms with Gasteiger partial charge in [0.1, 0.15) is 11.6 Å². The molecule has 6 heteroatoms. The van der Waals surface area contributed by atoms with Crippen molar-refractivity contribution in [3.63, 3.8) is 0 Å². The molecule has 19 heavy (non-hydrogen) atoms. The third kappa shape index (κ3) is 3.29. The maximum absolute atomic E-state index is 13.2. The number of pyridine rings is 1. The molecule has 0 radical (unpaired) electrons. The van der Waals surface area contributed by atoms with Gasteiger partial charge < -0.3 is 9.84 Å². The monoisotopic (exact) mass is 325 g/mol. The average molecular weight is 326 g/mol. The number of ether oxygens (including phenoxy) is 1. The standard InChI is InChI=1S/C13H9BrFNO3/c1-7-2-8(13(17)18)6-16-12(7)19-11-4-9(14)3-10(15)5-11/h2-6H,1H3,(H,17,18). The van der Waals surface area contributed by atoms with Gasteiger partial charge in [-0.2, -0.15) is 0 Å². The number of rotatable bonds is 3. The first-order valence-corrected chi connectivity index (χ1v) is 6.09. The summed E-state index contributed by atoms with van der Waals surface area (Å²) >= 11 is 3.16. The van der Waals surface area contributed by atoms with Crippen molar-refractivity contribution in [3.05, 3.63) is 51.9 Å². The molecule has 2 aromatic rings. The number of carboxylic acids is 1. The van der Waals surface area contributed by atoms with E-state index in [1.807, 2.05) is 0 Å². The largest absolute Gasteiger partial charge is 0.478 e. The van der Waals surface area contributed by atoms with Gasteiger partial charge in [-0.3, -0.25) is 0 Å². The SMILES string of the molecule is Cc1cc(C(=O)O)cnc1Oc1cc(F)cc(Br)c1. The van der Waals surface area contributed by atoms with E-state index in [0.717, 1.165) is 0 Å². The van der Waals surface area contributed by atoms with Crippen LogP contribution in [0.3, 0.4) is 0 Å². The van der Waals surface area contributed by atoms with E-state index in [2.05, 4.69) is 20.9 Å². The Morgan fingerprint density at radius 2 is 2.11 bits per heavy atom. The minimum absolute atomic E-state index is 0.0743. The number of hydrogen-bond donors (Lipinski definition) is 1. The highest BCUT2D eigenvalue weighted by Gasteiger charge is 2.09. The maximum atomic E-state index is 13.2. The minimum atomic E-state index is -1.06. The van der Waals surface area contributed by atoms with E-state index in [4.69, 9.17) is 9.84 Å². The van der Waals surface area contributed by atoms with E-state index in [0.29, 0.717) is 10.0 Å². The van der Waals surface area contributed by atoms with Gasteiger partial charge in [-0.25, -0.2) is 14.2 Å². The van der Waals surface area contributed by atoms with Crippen molar-refractivity contribution in [2.24, 2.45) is 0 Å². The molecule has 0 saturated carbocycles. The second-order valence-corrected chi connectivity index (χ2v) is 4.77. The molecule has 0 amide bonds. The molecule has 0 saturated heterocycles. The molecule has 1 aromatic heterocycles. The number of halogens is 2. The van der Waals surface area contributed by atoms with Gasteiger partial charge in [0.2, 0.25) is 5.88 Å². The fourth-order valence-corrected chi connectivity index (χ4v) is 1.93. The summed E-state index contributed by atoms with van der Waals surface area (Å²) in [6, 6.07) is 5.56. The van der Waals surface area contributed by atoms with E-state index in [-0.39, 0.29) is 17.2 Å². The first-order chi connectivity index (χ1) is 8.95. The summed E-state index contributed by atoms with van der Waals surface area (Å²) in [4.78, 5) is 14.7. The molecule has 2 rings (SSSR count). The van der Waals surface area contributed by atoms with Crippen LogP contribution in [0.2, 0.25) is 0 Å². The summed E-state index contributed by atoms with van der Waals surface area (Å²) in [5.41, 5.74) is 0.630. The van der Waals surface area contributed by atoms with Gasteiger partial charge in [0.05, 0.1) is 5.56 Å². The van der Waals surface area contributed by atoms with E-state index >= 15 is 0 Å². The highest BCUT2D eigenvalue weighted by molar-refractivity contribution is 9.10. The molecule has 0 bridgehead atoms. The minimum Gasteiger partial charge on any atom is -0.478 e. The first-order valence-electron chi connectivity index (χ1n) is 5.29. The highest BCUT2D eigenvalue weighted by atomic mass is 79.9. The van der Waals surface area contributed by atoms with E-state index in [1.165, 1.54) is 24.4 Å². The van der Waals surface area contributed by atoms with Crippen molar-refractivity contribution < 1.29 is 19.0 Å². The molecular weight excluding hydrogens is 317 g/mol. The van der Waals surface area contributed by atoms with Crippen LogP contribution in [0.1, 0.15) is 15.9 Å². The molecule has 1 aromatic carbocycles. The number of hydrogen-bond acceptors (Lipinski definition) is 3. The first kappa shape index (κ1) is 13.5. The Labute approximate surface area is 117 Å². The molecule has 98 valence electrons. The second kappa shape index (κ2) is 5.36. The molecule has 4 nitrogen and oxygen atoms in total. The van der Waals surface area contributed by atoms with Crippen LogP contribution in [0, 0.1) is 12.7 Å². The lowest BCUT2D eigenvalue weighted by Gasteiger charge is -2.08. The lowest BCUT2D eigenvalue weighted by molar-refractivity contribution is 0.0696. The van der Waals surface area contributed by atoms with Crippen molar-refractivity contribution in [1.29, 1.82) is 0 Å². The van der Waals surface area contributed by atoms with Crippen LogP contribution in [-0.4, -0.2) is 16.1 Å². The van der Waals surface area contributed by atoms with Gasteiger partial charge in [-0.15, -0.1) is 0 Å². The number of carboxylic acid groups (broad SMARTS) is 1. The smallest absolute Gasteiger partial charge is 0.337 e. The van der Waals surface area contributed by atoms with E-state index in [9.17, 15) is 9.18 Å². The Balaban J connectivity index is 2.30. The van der Waals surface area contributed by atoms with Crippen LogP contribution in [0.5, 0.6) is 11.6 Å². The average Bonchev–Trinajstić information content (AvgIpc) is 2.30. The van der Waals surface area contributed by atoms with Crippen molar-refractivity contribution in [1.82, 2.24) is 4.98 Å². The third-order valence-electron chi connectivity index (χ3n) is 2.33. The van der Waals surface area contributed by atoms with Crippen molar-refractivity contribution >= 4 is 21.9 Å². The van der Waals surface area contributed by atoms with Gasteiger partial charge in [0.25, 0.3) is 0 Å². The van der Waals surface area contributed by atoms with Crippen LogP contribution in [0.25, 0.3) is 0 Å². The van der Waals surface area contributed by atoms with Crippen LogP contribution in [0.15, 0.2) is 34.9 Å². The predicted octanol–water partition coefficient (Wildman–Crippen LogP) is 3.78. The van der Waals surface area contributed by atoms with Crippen molar-refractivity contribution in [2.45, 2.75) is 6.92 Å². The van der Waals surface area contributed by atoms with E-state index < -0.39 is 11.8 Å². The third-order valence-corrected chi connectivity index (χ3v) is 2.79. The number of benzene rings is 1. The van der Waals surface area contributed by atoms with Gasteiger partial charge in [0, 0.05) is 22.3 Å². The zero-order valence-corrected chi connectivity index (χ0v) is 11.4. The lowest BCUT2D eigenvalue weighted by Crippen LogP contribution is -2.00. The summed E-state index contributed by atoms with van der Waals surface area (Å²) in [6.45, 7) is 1.67. The topological polar surface area (TPSA) is 59.4 Å². The summed E-state index contributed by atoms with van der Waals surface area (Å²) in [5.74, 6) is -0.979. The van der Waals surface area contributed by atoms with Crippen LogP contribution in [0.4, 0.5) is 4.39 Å². The molecule has 0 aliphatic carbocycles.